The minimum Gasteiger partial charge on any atom is -0.365 e. The molecule has 0 aromatic carbocycles. The molecule has 0 aliphatic rings. The van der Waals surface area contributed by atoms with E-state index >= 15 is 0 Å². The molecule has 3 nitrogen and oxygen atoms in total. The van der Waals surface area contributed by atoms with Gasteiger partial charge in [0.15, 0.2) is 0 Å². The van der Waals surface area contributed by atoms with Crippen molar-refractivity contribution in [3.8, 4) is 0 Å². The Morgan fingerprint density at radius 2 is 2.06 bits per heavy atom. The van der Waals surface area contributed by atoms with Gasteiger partial charge < -0.3 is 11.1 Å². The maximum Gasteiger partial charge on any atom is 0.419 e. The molecule has 17 heavy (non-hydrogen) atoms. The summed E-state index contributed by atoms with van der Waals surface area (Å²) in [7, 11) is 0. The van der Waals surface area contributed by atoms with E-state index in [4.69, 9.17) is 5.73 Å². The Bertz CT molecular complexity index is 363. The summed E-state index contributed by atoms with van der Waals surface area (Å²) < 4.78 is 38.1. The molecular formula is C11H16F3N3. The summed E-state index contributed by atoms with van der Waals surface area (Å²) in [6, 6.07) is 2.04. The standard InChI is InChI=1S/C11H16F3N3/c1-7(2)9(6-15)17-10-8(11(12,13)14)4-3-5-16-10/h3-5,7,9H,6,15H2,1-2H3,(H,16,17). The molecule has 1 aromatic rings. The van der Waals surface area contributed by atoms with Crippen molar-refractivity contribution in [1.82, 2.24) is 4.98 Å². The van der Waals surface area contributed by atoms with E-state index in [1.165, 1.54) is 12.3 Å². The molecule has 3 N–H and O–H groups in total. The molecule has 96 valence electrons. The summed E-state index contributed by atoms with van der Waals surface area (Å²) in [5.74, 6) is -0.0350. The molecule has 0 amide bonds. The van der Waals surface area contributed by atoms with Crippen LogP contribution >= 0.6 is 0 Å². The van der Waals surface area contributed by atoms with Gasteiger partial charge in [-0.3, -0.25) is 0 Å². The van der Waals surface area contributed by atoms with Gasteiger partial charge in [-0.05, 0) is 18.1 Å². The molecule has 0 fully saturated rings. The Morgan fingerprint density at radius 3 is 2.53 bits per heavy atom. The summed E-state index contributed by atoms with van der Waals surface area (Å²) in [5, 5.41) is 2.75. The molecule has 0 aliphatic carbocycles. The van der Waals surface area contributed by atoms with Crippen LogP contribution in [0.2, 0.25) is 0 Å². The molecule has 0 saturated heterocycles. The van der Waals surface area contributed by atoms with Gasteiger partial charge in [-0.2, -0.15) is 13.2 Å². The lowest BCUT2D eigenvalue weighted by Crippen LogP contribution is -2.34. The number of nitrogens with zero attached hydrogens (tertiary/aromatic N) is 1. The van der Waals surface area contributed by atoms with E-state index in [0.29, 0.717) is 0 Å². The van der Waals surface area contributed by atoms with Crippen LogP contribution in [0.1, 0.15) is 19.4 Å². The molecule has 0 aliphatic heterocycles. The van der Waals surface area contributed by atoms with Crippen LogP contribution in [-0.2, 0) is 6.18 Å². The molecular weight excluding hydrogens is 231 g/mol. The van der Waals surface area contributed by atoms with E-state index in [1.54, 1.807) is 0 Å². The molecule has 1 atom stereocenters. The number of hydrogen-bond donors (Lipinski definition) is 2. The van der Waals surface area contributed by atoms with Crippen LogP contribution in [0, 0.1) is 5.92 Å². The van der Waals surface area contributed by atoms with Crippen molar-refractivity contribution in [2.24, 2.45) is 11.7 Å². The first kappa shape index (κ1) is 13.8. The molecule has 0 bridgehead atoms. The lowest BCUT2D eigenvalue weighted by atomic mass is 10.0. The predicted octanol–water partition coefficient (Wildman–Crippen LogP) is 2.50. The van der Waals surface area contributed by atoms with Crippen LogP contribution in [0.4, 0.5) is 19.0 Å². The number of halogens is 3. The highest BCUT2D eigenvalue weighted by atomic mass is 19.4. The van der Waals surface area contributed by atoms with Crippen molar-refractivity contribution in [2.45, 2.75) is 26.1 Å². The number of rotatable bonds is 4. The molecule has 0 saturated carbocycles. The highest BCUT2D eigenvalue weighted by Gasteiger charge is 2.34. The second kappa shape index (κ2) is 5.35. The Kier molecular flexibility index (Phi) is 4.34. The summed E-state index contributed by atoms with van der Waals surface area (Å²) in [6.45, 7) is 4.03. The first-order chi connectivity index (χ1) is 7.86. The lowest BCUT2D eigenvalue weighted by molar-refractivity contribution is -0.137. The zero-order valence-electron chi connectivity index (χ0n) is 9.75. The Hall–Kier alpha value is -1.30. The number of alkyl halides is 3. The third-order valence-corrected chi connectivity index (χ3v) is 2.49. The van der Waals surface area contributed by atoms with Crippen molar-refractivity contribution in [3.05, 3.63) is 23.9 Å². The minimum absolute atomic E-state index is 0.128. The van der Waals surface area contributed by atoms with Gasteiger partial charge in [-0.1, -0.05) is 13.8 Å². The van der Waals surface area contributed by atoms with Gasteiger partial charge in [0.05, 0.1) is 5.56 Å². The predicted molar refractivity (Wildman–Crippen MR) is 60.5 cm³/mol. The minimum atomic E-state index is -4.41. The Labute approximate surface area is 98.2 Å². The first-order valence-electron chi connectivity index (χ1n) is 5.35. The summed E-state index contributed by atoms with van der Waals surface area (Å²) >= 11 is 0. The van der Waals surface area contributed by atoms with E-state index in [2.05, 4.69) is 10.3 Å². The SMILES string of the molecule is CC(C)C(CN)Nc1ncccc1C(F)(F)F. The van der Waals surface area contributed by atoms with Gasteiger partial charge in [0, 0.05) is 18.8 Å². The largest absolute Gasteiger partial charge is 0.419 e. The average Bonchev–Trinajstić information content (AvgIpc) is 2.24. The monoisotopic (exact) mass is 247 g/mol. The number of aromatic nitrogens is 1. The molecule has 0 spiro atoms. The second-order valence-electron chi connectivity index (χ2n) is 4.13. The summed E-state index contributed by atoms with van der Waals surface area (Å²) in [6.07, 6.45) is -3.09. The van der Waals surface area contributed by atoms with Crippen LogP contribution in [-0.4, -0.2) is 17.6 Å². The quantitative estimate of drug-likeness (QED) is 0.859. The topological polar surface area (TPSA) is 50.9 Å². The zero-order chi connectivity index (χ0) is 13.1. The van der Waals surface area contributed by atoms with Gasteiger partial charge in [0.2, 0.25) is 0 Å². The van der Waals surface area contributed by atoms with E-state index in [9.17, 15) is 13.2 Å². The molecule has 1 aromatic heterocycles. The van der Waals surface area contributed by atoms with Crippen molar-refractivity contribution in [3.63, 3.8) is 0 Å². The van der Waals surface area contributed by atoms with Gasteiger partial charge in [-0.25, -0.2) is 4.98 Å². The molecule has 1 heterocycles. The fourth-order valence-corrected chi connectivity index (χ4v) is 1.42. The average molecular weight is 247 g/mol. The molecule has 0 radical (unpaired) electrons. The fraction of sp³-hybridized carbons (Fsp3) is 0.545. The summed E-state index contributed by atoms with van der Waals surface area (Å²) in [4.78, 5) is 3.73. The van der Waals surface area contributed by atoms with E-state index in [0.717, 1.165) is 6.07 Å². The van der Waals surface area contributed by atoms with Crippen molar-refractivity contribution in [1.29, 1.82) is 0 Å². The summed E-state index contributed by atoms with van der Waals surface area (Å²) in [5.41, 5.74) is 4.74. The first-order valence-corrected chi connectivity index (χ1v) is 5.35. The van der Waals surface area contributed by atoms with Crippen LogP contribution in [0.5, 0.6) is 0 Å². The van der Waals surface area contributed by atoms with Crippen LogP contribution in [0.25, 0.3) is 0 Å². The van der Waals surface area contributed by atoms with Gasteiger partial charge in [-0.15, -0.1) is 0 Å². The maximum absolute atomic E-state index is 12.7. The van der Waals surface area contributed by atoms with Gasteiger partial charge >= 0.3 is 6.18 Å². The molecule has 6 heteroatoms. The van der Waals surface area contributed by atoms with Gasteiger partial charge in [0.25, 0.3) is 0 Å². The molecule has 1 unspecified atom stereocenters. The smallest absolute Gasteiger partial charge is 0.365 e. The molecule has 1 rings (SSSR count). The van der Waals surface area contributed by atoms with Crippen LogP contribution in [0.15, 0.2) is 18.3 Å². The fourth-order valence-electron chi connectivity index (χ4n) is 1.42. The normalized spacial score (nSPS) is 13.8. The van der Waals surface area contributed by atoms with Crippen molar-refractivity contribution < 1.29 is 13.2 Å². The van der Waals surface area contributed by atoms with Crippen molar-refractivity contribution >= 4 is 5.82 Å². The highest BCUT2D eigenvalue weighted by Crippen LogP contribution is 2.33. The number of nitrogens with one attached hydrogen (secondary N) is 1. The number of anilines is 1. The second-order valence-corrected chi connectivity index (χ2v) is 4.13. The maximum atomic E-state index is 12.7. The highest BCUT2D eigenvalue weighted by molar-refractivity contribution is 5.46. The van der Waals surface area contributed by atoms with E-state index < -0.39 is 11.7 Å². The van der Waals surface area contributed by atoms with Crippen LogP contribution in [0.3, 0.4) is 0 Å². The lowest BCUT2D eigenvalue weighted by Gasteiger charge is -2.23. The number of nitrogens with two attached hydrogens (primary N) is 1. The third-order valence-electron chi connectivity index (χ3n) is 2.49. The van der Waals surface area contributed by atoms with Gasteiger partial charge in [0.1, 0.15) is 5.82 Å². The van der Waals surface area contributed by atoms with Crippen molar-refractivity contribution in [2.75, 3.05) is 11.9 Å². The Morgan fingerprint density at radius 1 is 1.41 bits per heavy atom. The number of pyridine rings is 1. The Balaban J connectivity index is 2.98. The van der Waals surface area contributed by atoms with E-state index in [-0.39, 0.29) is 24.3 Å². The van der Waals surface area contributed by atoms with E-state index in [1.807, 2.05) is 13.8 Å². The zero-order valence-corrected chi connectivity index (χ0v) is 9.75. The third kappa shape index (κ3) is 3.59. The number of hydrogen-bond acceptors (Lipinski definition) is 3. The van der Waals surface area contributed by atoms with Crippen LogP contribution < -0.4 is 11.1 Å².